The normalized spacial score (nSPS) is 9.00. The molecule has 1 radical (unpaired) electrons. The number of hydrogen-bond acceptors (Lipinski definition) is 0. The Hall–Kier alpha value is -1.38. The van der Waals surface area contributed by atoms with Crippen molar-refractivity contribution in [2.24, 2.45) is 0 Å². The van der Waals surface area contributed by atoms with Crippen molar-refractivity contribution in [2.75, 3.05) is 0 Å². The van der Waals surface area contributed by atoms with Gasteiger partial charge in [0.1, 0.15) is 0 Å². The van der Waals surface area contributed by atoms with Gasteiger partial charge in [-0.25, -0.2) is 0 Å². The average molecular weight is 475 g/mol. The molecule has 0 unspecified atom stereocenters. The molecule has 4 heteroatoms. The topological polar surface area (TPSA) is 0 Å². The van der Waals surface area contributed by atoms with Crippen LogP contribution in [0.25, 0.3) is 21.5 Å². The Morgan fingerprint density at radius 2 is 1.04 bits per heavy atom. The summed E-state index contributed by atoms with van der Waals surface area (Å²) in [6, 6.07) is 28.5. The van der Waals surface area contributed by atoms with Crippen molar-refractivity contribution in [2.45, 2.75) is 39.8 Å². The molecule has 147 valence electrons. The number of benzene rings is 2. The van der Waals surface area contributed by atoms with Crippen LogP contribution < -0.4 is 9.41 Å². The minimum absolute atomic E-state index is 0. The maximum atomic E-state index is 2.25. The van der Waals surface area contributed by atoms with E-state index in [2.05, 4.69) is 100 Å². The van der Waals surface area contributed by atoms with E-state index in [1.807, 2.05) is 0 Å². The van der Waals surface area contributed by atoms with Crippen LogP contribution in [0.1, 0.15) is 25.0 Å². The molecule has 0 aliphatic carbocycles. The number of rotatable bonds is 2. The van der Waals surface area contributed by atoms with Crippen LogP contribution in [0, 0.1) is 13.8 Å². The zero-order valence-electron chi connectivity index (χ0n) is 17.2. The molecule has 0 heterocycles. The molecule has 0 saturated heterocycles. The standard InChI is InChI=1S/2C10H9.C4H11Si.2FH.Zr/c2*1-8-6-9-4-2-3-5-10(9)7-8;1-3-5-4-2;;;/h2*2-7H,1H3;5H,3-4H2,1-2H3;2*1H;/q2*-1;;;;+4/p-2. The molecule has 0 bridgehead atoms. The molecule has 0 fully saturated rings. The second-order valence-corrected chi connectivity index (χ2v) is 8.64. The Bertz CT molecular complexity index is 756. The van der Waals surface area contributed by atoms with Crippen LogP contribution in [-0.2, 0) is 26.2 Å². The summed E-state index contributed by atoms with van der Waals surface area (Å²) < 4.78 is 0. The minimum atomic E-state index is 0. The van der Waals surface area contributed by atoms with Crippen LogP contribution in [0.15, 0.2) is 72.8 Å². The second-order valence-electron chi connectivity index (χ2n) is 6.43. The Balaban J connectivity index is 0. The molecule has 0 saturated carbocycles. The number of aryl methyl sites for hydroxylation is 2. The molecule has 28 heavy (non-hydrogen) atoms. The molecule has 0 aromatic heterocycles. The van der Waals surface area contributed by atoms with Crippen molar-refractivity contribution in [1.82, 2.24) is 0 Å². The van der Waals surface area contributed by atoms with Gasteiger partial charge in [-0.05, 0) is 0 Å². The molecule has 0 nitrogen and oxygen atoms in total. The van der Waals surface area contributed by atoms with Crippen molar-refractivity contribution in [1.29, 1.82) is 0 Å². The fourth-order valence-electron chi connectivity index (χ4n) is 2.90. The van der Waals surface area contributed by atoms with E-state index < -0.39 is 0 Å². The van der Waals surface area contributed by atoms with E-state index in [1.54, 1.807) is 0 Å². The largest absolute Gasteiger partial charge is 4.00 e. The summed E-state index contributed by atoms with van der Waals surface area (Å²) in [6.45, 7) is 8.75. The van der Waals surface area contributed by atoms with Gasteiger partial charge in [0, 0.05) is 9.52 Å². The molecule has 0 aliphatic rings. The van der Waals surface area contributed by atoms with Gasteiger partial charge >= 0.3 is 26.2 Å². The third-order valence-corrected chi connectivity index (χ3v) is 5.26. The fraction of sp³-hybridized carbons (Fsp3) is 0.250. The monoisotopic (exact) mass is 473 g/mol. The Kier molecular flexibility index (Phi) is 16.0. The number of halogens is 2. The molecule has 0 aliphatic heterocycles. The summed E-state index contributed by atoms with van der Waals surface area (Å²) in [5.74, 6) is 0. The zero-order chi connectivity index (χ0) is 18.1. The first kappa shape index (κ1) is 28.8. The van der Waals surface area contributed by atoms with Crippen molar-refractivity contribution in [3.63, 3.8) is 0 Å². The predicted octanol–water partition coefficient (Wildman–Crippen LogP) is 1.04. The van der Waals surface area contributed by atoms with E-state index in [9.17, 15) is 0 Å². The Labute approximate surface area is 189 Å². The maximum Gasteiger partial charge on any atom is 4.00 e. The fourth-order valence-corrected chi connectivity index (χ4v) is 3.48. The first-order valence-electron chi connectivity index (χ1n) is 9.19. The molecular weight excluding hydrogens is 446 g/mol. The summed E-state index contributed by atoms with van der Waals surface area (Å²) in [6.07, 6.45) is 0. The number of hydrogen-bond donors (Lipinski definition) is 0. The van der Waals surface area contributed by atoms with Crippen LogP contribution in [0.5, 0.6) is 0 Å². The van der Waals surface area contributed by atoms with Gasteiger partial charge in [-0.15, -0.1) is 81.2 Å². The van der Waals surface area contributed by atoms with Crippen molar-refractivity contribution in [3.8, 4) is 0 Å². The van der Waals surface area contributed by atoms with E-state index in [4.69, 9.17) is 0 Å². The third-order valence-electron chi connectivity index (χ3n) is 4.10. The molecule has 4 aromatic carbocycles. The predicted molar refractivity (Wildman–Crippen MR) is 117 cm³/mol. The minimum Gasteiger partial charge on any atom is -1.00 e. The van der Waals surface area contributed by atoms with Gasteiger partial charge in [0.2, 0.25) is 0 Å². The first-order valence-corrected chi connectivity index (χ1v) is 10.8. The van der Waals surface area contributed by atoms with Gasteiger partial charge in [0.05, 0.1) is 0 Å². The molecule has 0 spiro atoms. The van der Waals surface area contributed by atoms with Crippen LogP contribution in [-0.4, -0.2) is 9.52 Å². The van der Waals surface area contributed by atoms with Gasteiger partial charge in [-0.1, -0.05) is 51.9 Å². The van der Waals surface area contributed by atoms with Gasteiger partial charge in [-0.3, -0.25) is 0 Å². The Morgan fingerprint density at radius 3 is 1.32 bits per heavy atom. The van der Waals surface area contributed by atoms with E-state index in [0.29, 0.717) is 0 Å². The summed E-state index contributed by atoms with van der Waals surface area (Å²) in [7, 11) is 0.815. The van der Waals surface area contributed by atoms with E-state index in [0.717, 1.165) is 9.52 Å². The third kappa shape index (κ3) is 9.21. The SMILES string of the molecule is CC[SiH]CC.Cc1cc2ccccc2[cH-]1.Cc1cc2ccccc2[cH-]1.[F-].[F-].[Zr+4]. The van der Waals surface area contributed by atoms with Crippen molar-refractivity contribution < 1.29 is 35.6 Å². The van der Waals surface area contributed by atoms with E-state index in [-0.39, 0.29) is 35.6 Å². The molecule has 0 amide bonds. The summed E-state index contributed by atoms with van der Waals surface area (Å²) in [5.41, 5.74) is 2.70. The zero-order valence-corrected chi connectivity index (χ0v) is 20.8. The van der Waals surface area contributed by atoms with Crippen LogP contribution in [0.4, 0.5) is 0 Å². The van der Waals surface area contributed by atoms with Crippen LogP contribution in [0.2, 0.25) is 12.1 Å². The van der Waals surface area contributed by atoms with Crippen LogP contribution in [0.3, 0.4) is 0 Å². The first-order chi connectivity index (χ1) is 12.1. The maximum absolute atomic E-state index is 2.25. The van der Waals surface area contributed by atoms with Gasteiger partial charge in [0.15, 0.2) is 0 Å². The smallest absolute Gasteiger partial charge is 1.00 e. The van der Waals surface area contributed by atoms with Crippen molar-refractivity contribution in [3.05, 3.63) is 83.9 Å². The molecule has 4 aromatic rings. The Morgan fingerprint density at radius 1 is 0.679 bits per heavy atom. The van der Waals surface area contributed by atoms with Crippen LogP contribution >= 0.6 is 0 Å². The quantitative estimate of drug-likeness (QED) is 0.301. The molecule has 4 rings (SSSR count). The summed E-state index contributed by atoms with van der Waals surface area (Å²) >= 11 is 0. The number of fused-ring (bicyclic) bond motifs is 2. The summed E-state index contributed by atoms with van der Waals surface area (Å²) in [5, 5.41) is 5.39. The summed E-state index contributed by atoms with van der Waals surface area (Å²) in [4.78, 5) is 0. The average Bonchev–Trinajstić information content (AvgIpc) is 3.17. The molecular formula is C24H29F2SiZr. The molecule has 0 N–H and O–H groups in total. The second kappa shape index (κ2) is 15.5. The van der Waals surface area contributed by atoms with Gasteiger partial charge in [0.25, 0.3) is 0 Å². The molecule has 0 atom stereocenters. The van der Waals surface area contributed by atoms with Gasteiger partial charge < -0.3 is 9.41 Å². The van der Waals surface area contributed by atoms with E-state index in [1.165, 1.54) is 44.8 Å². The van der Waals surface area contributed by atoms with Gasteiger partial charge in [-0.2, -0.15) is 12.1 Å². The van der Waals surface area contributed by atoms with Crippen molar-refractivity contribution >= 4 is 31.1 Å². The van der Waals surface area contributed by atoms with E-state index >= 15 is 0 Å².